The van der Waals surface area contributed by atoms with E-state index in [-0.39, 0.29) is 16.9 Å². The molecule has 0 bridgehead atoms. The zero-order valence-electron chi connectivity index (χ0n) is 18.2. The number of ketones is 1. The molecule has 0 saturated carbocycles. The van der Waals surface area contributed by atoms with Crippen molar-refractivity contribution in [1.82, 2.24) is 0 Å². The van der Waals surface area contributed by atoms with Crippen LogP contribution in [0, 0.1) is 13.8 Å². The molecule has 2 heterocycles. The van der Waals surface area contributed by atoms with E-state index in [1.165, 1.54) is 30.5 Å². The number of hydrogen-bond donors (Lipinski definition) is 1. The highest BCUT2D eigenvalue weighted by Gasteiger charge is 2.48. The Bertz CT molecular complexity index is 1230. The van der Waals surface area contributed by atoms with Crippen molar-refractivity contribution in [2.45, 2.75) is 19.9 Å². The van der Waals surface area contributed by atoms with E-state index in [0.717, 1.165) is 16.0 Å². The number of thiophene rings is 1. The molecule has 3 aromatic rings. The molecule has 0 spiro atoms. The maximum atomic E-state index is 13.3. The average molecular weight is 450 g/mol. The van der Waals surface area contributed by atoms with Crippen molar-refractivity contribution in [3.05, 3.63) is 81.1 Å². The van der Waals surface area contributed by atoms with Gasteiger partial charge in [-0.05, 0) is 60.7 Å². The predicted octanol–water partition coefficient (Wildman–Crippen LogP) is 5.01. The lowest BCUT2D eigenvalue weighted by atomic mass is 9.98. The van der Waals surface area contributed by atoms with Gasteiger partial charge >= 0.3 is 0 Å². The normalized spacial score (nSPS) is 17.6. The SMILES string of the molecule is COc1ccc(OC)c(/C(O)=C2/C(=O)C(=O)N(c3cccc(C)c3C)C2c2cccs2)c1. The highest BCUT2D eigenvalue weighted by Crippen LogP contribution is 2.45. The summed E-state index contributed by atoms with van der Waals surface area (Å²) >= 11 is 1.42. The van der Waals surface area contributed by atoms with E-state index < -0.39 is 17.7 Å². The molecule has 1 saturated heterocycles. The van der Waals surface area contributed by atoms with Crippen molar-refractivity contribution in [3.63, 3.8) is 0 Å². The lowest BCUT2D eigenvalue weighted by molar-refractivity contribution is -0.132. The summed E-state index contributed by atoms with van der Waals surface area (Å²) in [5.41, 5.74) is 2.85. The Morgan fingerprint density at radius 2 is 1.81 bits per heavy atom. The van der Waals surface area contributed by atoms with Crippen LogP contribution in [0.2, 0.25) is 0 Å². The minimum Gasteiger partial charge on any atom is -0.507 e. The summed E-state index contributed by atoms with van der Waals surface area (Å²) in [6.07, 6.45) is 0. The van der Waals surface area contributed by atoms with Gasteiger partial charge in [0.2, 0.25) is 0 Å². The quantitative estimate of drug-likeness (QED) is 0.337. The molecule has 1 unspecified atom stereocenters. The van der Waals surface area contributed by atoms with Crippen LogP contribution in [0.15, 0.2) is 59.5 Å². The molecule has 32 heavy (non-hydrogen) atoms. The number of carbonyl (C=O) groups is 2. The van der Waals surface area contributed by atoms with Gasteiger partial charge in [-0.25, -0.2) is 0 Å². The molecule has 1 N–H and O–H groups in total. The summed E-state index contributed by atoms with van der Waals surface area (Å²) in [4.78, 5) is 28.8. The second-order valence-corrected chi connectivity index (χ2v) is 8.45. The number of aryl methyl sites for hydroxylation is 1. The highest BCUT2D eigenvalue weighted by atomic mass is 32.1. The Balaban J connectivity index is 1.99. The number of aliphatic hydroxyl groups excluding tert-OH is 1. The summed E-state index contributed by atoms with van der Waals surface area (Å²) in [5.74, 6) is -0.868. The fourth-order valence-corrected chi connectivity index (χ4v) is 4.76. The van der Waals surface area contributed by atoms with E-state index in [2.05, 4.69) is 0 Å². The van der Waals surface area contributed by atoms with Crippen LogP contribution in [-0.2, 0) is 9.59 Å². The van der Waals surface area contributed by atoms with Gasteiger partial charge in [-0.3, -0.25) is 14.5 Å². The lowest BCUT2D eigenvalue weighted by Gasteiger charge is -2.26. The number of nitrogens with zero attached hydrogens (tertiary/aromatic N) is 1. The number of rotatable bonds is 5. The molecule has 6 nitrogen and oxygen atoms in total. The first-order chi connectivity index (χ1) is 15.4. The summed E-state index contributed by atoms with van der Waals surface area (Å²) in [7, 11) is 2.99. The van der Waals surface area contributed by atoms with Gasteiger partial charge in [0.1, 0.15) is 23.3 Å². The van der Waals surface area contributed by atoms with Crippen LogP contribution in [0.3, 0.4) is 0 Å². The molecule has 2 aromatic carbocycles. The van der Waals surface area contributed by atoms with Crippen LogP contribution in [-0.4, -0.2) is 31.0 Å². The van der Waals surface area contributed by atoms with Crippen molar-refractivity contribution in [3.8, 4) is 11.5 Å². The van der Waals surface area contributed by atoms with Crippen molar-refractivity contribution in [1.29, 1.82) is 0 Å². The van der Waals surface area contributed by atoms with Crippen LogP contribution in [0.25, 0.3) is 5.76 Å². The lowest BCUT2D eigenvalue weighted by Crippen LogP contribution is -2.29. The molecular formula is C25H23NO5S. The van der Waals surface area contributed by atoms with Crippen LogP contribution in [0.1, 0.15) is 27.6 Å². The maximum Gasteiger partial charge on any atom is 0.300 e. The third-order valence-corrected chi connectivity index (χ3v) is 6.68. The predicted molar refractivity (Wildman–Crippen MR) is 125 cm³/mol. The van der Waals surface area contributed by atoms with Crippen molar-refractivity contribution >= 4 is 34.5 Å². The summed E-state index contributed by atoms with van der Waals surface area (Å²) < 4.78 is 10.7. The highest BCUT2D eigenvalue weighted by molar-refractivity contribution is 7.10. The van der Waals surface area contributed by atoms with Crippen LogP contribution in [0.4, 0.5) is 5.69 Å². The summed E-state index contributed by atoms with van der Waals surface area (Å²) in [6.45, 7) is 3.87. The number of benzene rings is 2. The Labute approximate surface area is 190 Å². The average Bonchev–Trinajstić information content (AvgIpc) is 3.42. The third-order valence-electron chi connectivity index (χ3n) is 5.75. The zero-order chi connectivity index (χ0) is 23.0. The number of hydrogen-bond acceptors (Lipinski definition) is 6. The Kier molecular flexibility index (Phi) is 5.76. The molecule has 4 rings (SSSR count). The first kappa shape index (κ1) is 21.6. The third kappa shape index (κ3) is 3.44. The molecule has 1 atom stereocenters. The molecule has 164 valence electrons. The minimum atomic E-state index is -0.758. The fraction of sp³-hybridized carbons (Fsp3) is 0.200. The van der Waals surface area contributed by atoms with Gasteiger partial charge in [-0.2, -0.15) is 0 Å². The zero-order valence-corrected chi connectivity index (χ0v) is 19.0. The van der Waals surface area contributed by atoms with Gasteiger partial charge in [0.05, 0.1) is 25.4 Å². The molecule has 7 heteroatoms. The van der Waals surface area contributed by atoms with E-state index in [9.17, 15) is 14.7 Å². The number of amides is 1. The molecule has 0 aliphatic carbocycles. The second-order valence-electron chi connectivity index (χ2n) is 7.47. The number of Topliss-reactive ketones (excluding diaryl/α,β-unsaturated/α-hetero) is 1. The summed E-state index contributed by atoms with van der Waals surface area (Å²) in [6, 6.07) is 13.5. The van der Waals surface area contributed by atoms with Crippen LogP contribution >= 0.6 is 11.3 Å². The number of aliphatic hydroxyl groups is 1. The molecule has 1 amide bonds. The van der Waals surface area contributed by atoms with Crippen molar-refractivity contribution in [2.24, 2.45) is 0 Å². The molecule has 1 aliphatic rings. The van der Waals surface area contributed by atoms with Crippen LogP contribution in [0.5, 0.6) is 11.5 Å². The molecule has 1 aromatic heterocycles. The maximum absolute atomic E-state index is 13.3. The number of carbonyl (C=O) groups excluding carboxylic acids is 2. The Hall–Kier alpha value is -3.58. The number of ether oxygens (including phenoxy) is 2. The first-order valence-electron chi connectivity index (χ1n) is 10.0. The molecule has 0 radical (unpaired) electrons. The van der Waals surface area contributed by atoms with Gasteiger partial charge in [-0.1, -0.05) is 18.2 Å². The molecule has 1 aliphatic heterocycles. The van der Waals surface area contributed by atoms with E-state index in [1.807, 2.05) is 49.6 Å². The second kappa shape index (κ2) is 8.51. The topological polar surface area (TPSA) is 76.1 Å². The van der Waals surface area contributed by atoms with Gasteiger partial charge in [0.25, 0.3) is 11.7 Å². The van der Waals surface area contributed by atoms with Gasteiger partial charge in [0.15, 0.2) is 0 Å². The van der Waals surface area contributed by atoms with Crippen LogP contribution < -0.4 is 14.4 Å². The van der Waals surface area contributed by atoms with E-state index >= 15 is 0 Å². The van der Waals surface area contributed by atoms with E-state index in [1.54, 1.807) is 18.2 Å². The van der Waals surface area contributed by atoms with Crippen molar-refractivity contribution < 1.29 is 24.2 Å². The van der Waals surface area contributed by atoms with E-state index in [4.69, 9.17) is 9.47 Å². The fourth-order valence-electron chi connectivity index (χ4n) is 3.94. The van der Waals surface area contributed by atoms with E-state index in [0.29, 0.717) is 17.2 Å². The summed E-state index contributed by atoms with van der Waals surface area (Å²) in [5, 5.41) is 13.2. The van der Waals surface area contributed by atoms with Gasteiger partial charge < -0.3 is 14.6 Å². The monoisotopic (exact) mass is 449 g/mol. The standard InChI is InChI=1S/C25H23NO5S/c1-14-7-5-8-18(15(14)2)26-22(20-9-6-12-32-20)21(24(28)25(26)29)23(27)17-13-16(30-3)10-11-19(17)31-4/h5-13,22,27H,1-4H3/b23-21-. The van der Waals surface area contributed by atoms with Gasteiger partial charge in [0, 0.05) is 10.6 Å². The Morgan fingerprint density at radius 1 is 1.03 bits per heavy atom. The number of methoxy groups -OCH3 is 2. The largest absolute Gasteiger partial charge is 0.507 e. The molecular weight excluding hydrogens is 426 g/mol. The van der Waals surface area contributed by atoms with Crippen molar-refractivity contribution in [2.75, 3.05) is 19.1 Å². The molecule has 1 fully saturated rings. The van der Waals surface area contributed by atoms with Gasteiger partial charge in [-0.15, -0.1) is 11.3 Å². The first-order valence-corrected chi connectivity index (χ1v) is 10.9. The Morgan fingerprint density at radius 3 is 2.47 bits per heavy atom. The minimum absolute atomic E-state index is 0.0184. The smallest absolute Gasteiger partial charge is 0.300 e. The number of anilines is 1.